The Kier molecular flexibility index (Phi) is 4.57. The molecule has 1 aliphatic carbocycles. The van der Waals surface area contributed by atoms with E-state index in [1.54, 1.807) is 7.11 Å². The van der Waals surface area contributed by atoms with Crippen molar-refractivity contribution in [2.75, 3.05) is 13.7 Å². The SMILES string of the molecule is COC1CC(NCc2ccccc2OCC#N)C1. The van der Waals surface area contributed by atoms with Gasteiger partial charge in [-0.05, 0) is 18.9 Å². The summed E-state index contributed by atoms with van der Waals surface area (Å²) in [6.45, 7) is 0.856. The fourth-order valence-electron chi connectivity index (χ4n) is 2.08. The van der Waals surface area contributed by atoms with Crippen LogP contribution in [0.25, 0.3) is 0 Å². The van der Waals surface area contributed by atoms with Crippen LogP contribution in [0.15, 0.2) is 24.3 Å². The van der Waals surface area contributed by atoms with Gasteiger partial charge < -0.3 is 14.8 Å². The summed E-state index contributed by atoms with van der Waals surface area (Å²) in [6, 6.07) is 10.3. The predicted molar refractivity (Wildman–Crippen MR) is 68.2 cm³/mol. The van der Waals surface area contributed by atoms with Crippen molar-refractivity contribution in [1.82, 2.24) is 5.32 Å². The lowest BCUT2D eigenvalue weighted by molar-refractivity contribution is 0.0169. The van der Waals surface area contributed by atoms with Gasteiger partial charge in [-0.15, -0.1) is 0 Å². The van der Waals surface area contributed by atoms with E-state index in [0.717, 1.165) is 30.7 Å². The molecule has 1 N–H and O–H groups in total. The van der Waals surface area contributed by atoms with Crippen molar-refractivity contribution in [3.05, 3.63) is 29.8 Å². The van der Waals surface area contributed by atoms with Crippen LogP contribution < -0.4 is 10.1 Å². The van der Waals surface area contributed by atoms with Crippen LogP contribution in [0, 0.1) is 11.3 Å². The lowest BCUT2D eigenvalue weighted by Gasteiger charge is -2.34. The molecular formula is C14H18N2O2. The largest absolute Gasteiger partial charge is 0.478 e. The van der Waals surface area contributed by atoms with E-state index in [2.05, 4.69) is 5.32 Å². The number of hydrogen-bond donors (Lipinski definition) is 1. The van der Waals surface area contributed by atoms with Crippen molar-refractivity contribution < 1.29 is 9.47 Å². The number of nitriles is 1. The number of benzene rings is 1. The second-order valence-corrected chi connectivity index (χ2v) is 4.46. The lowest BCUT2D eigenvalue weighted by Crippen LogP contribution is -2.44. The standard InChI is InChI=1S/C14H18N2O2/c1-17-13-8-12(9-13)16-10-11-4-2-3-5-14(11)18-7-6-15/h2-5,12-13,16H,7-10H2,1H3. The van der Waals surface area contributed by atoms with Gasteiger partial charge in [0.2, 0.25) is 0 Å². The van der Waals surface area contributed by atoms with Gasteiger partial charge in [0.25, 0.3) is 0 Å². The van der Waals surface area contributed by atoms with Gasteiger partial charge in [-0.25, -0.2) is 0 Å². The van der Waals surface area contributed by atoms with E-state index >= 15 is 0 Å². The van der Waals surface area contributed by atoms with Crippen LogP contribution >= 0.6 is 0 Å². The van der Waals surface area contributed by atoms with Crippen LogP contribution in [0.1, 0.15) is 18.4 Å². The highest BCUT2D eigenvalue weighted by molar-refractivity contribution is 5.33. The quantitative estimate of drug-likeness (QED) is 0.832. The van der Waals surface area contributed by atoms with E-state index in [9.17, 15) is 0 Å². The molecule has 0 saturated heterocycles. The summed E-state index contributed by atoms with van der Waals surface area (Å²) in [4.78, 5) is 0. The summed E-state index contributed by atoms with van der Waals surface area (Å²) < 4.78 is 10.6. The second-order valence-electron chi connectivity index (χ2n) is 4.46. The van der Waals surface area contributed by atoms with Gasteiger partial charge >= 0.3 is 0 Å². The van der Waals surface area contributed by atoms with Crippen LogP contribution in [-0.4, -0.2) is 25.9 Å². The normalized spacial score (nSPS) is 22.0. The van der Waals surface area contributed by atoms with E-state index in [1.807, 2.05) is 30.3 Å². The van der Waals surface area contributed by atoms with Crippen LogP contribution in [0.3, 0.4) is 0 Å². The molecule has 4 nitrogen and oxygen atoms in total. The molecule has 96 valence electrons. The molecule has 1 aromatic carbocycles. The van der Waals surface area contributed by atoms with E-state index < -0.39 is 0 Å². The van der Waals surface area contributed by atoms with Crippen molar-refractivity contribution >= 4 is 0 Å². The molecule has 0 bridgehead atoms. The number of nitrogens with zero attached hydrogens (tertiary/aromatic N) is 1. The fraction of sp³-hybridized carbons (Fsp3) is 0.500. The number of hydrogen-bond acceptors (Lipinski definition) is 4. The molecule has 18 heavy (non-hydrogen) atoms. The zero-order valence-electron chi connectivity index (χ0n) is 10.6. The number of ether oxygens (including phenoxy) is 2. The molecule has 0 spiro atoms. The van der Waals surface area contributed by atoms with Crippen LogP contribution in [-0.2, 0) is 11.3 Å². The van der Waals surface area contributed by atoms with Gasteiger partial charge in [-0.3, -0.25) is 0 Å². The summed E-state index contributed by atoms with van der Waals surface area (Å²) in [7, 11) is 1.76. The maximum absolute atomic E-state index is 8.54. The monoisotopic (exact) mass is 246 g/mol. The first-order valence-electron chi connectivity index (χ1n) is 6.17. The molecule has 0 amide bonds. The van der Waals surface area contributed by atoms with Gasteiger partial charge in [0.05, 0.1) is 6.10 Å². The highest BCUT2D eigenvalue weighted by Crippen LogP contribution is 2.24. The molecule has 1 fully saturated rings. The molecule has 0 radical (unpaired) electrons. The highest BCUT2D eigenvalue weighted by Gasteiger charge is 2.28. The molecular weight excluding hydrogens is 228 g/mol. The predicted octanol–water partition coefficient (Wildman–Crippen LogP) is 1.86. The third-order valence-electron chi connectivity index (χ3n) is 3.27. The zero-order valence-corrected chi connectivity index (χ0v) is 10.6. The molecule has 0 aromatic heterocycles. The molecule has 1 saturated carbocycles. The minimum absolute atomic E-state index is 0.0895. The van der Waals surface area contributed by atoms with E-state index in [0.29, 0.717) is 12.1 Å². The van der Waals surface area contributed by atoms with Crippen LogP contribution in [0.2, 0.25) is 0 Å². The van der Waals surface area contributed by atoms with Gasteiger partial charge in [0.1, 0.15) is 11.8 Å². The van der Waals surface area contributed by atoms with E-state index in [4.69, 9.17) is 14.7 Å². The number of para-hydroxylation sites is 1. The van der Waals surface area contributed by atoms with Crippen molar-refractivity contribution in [2.45, 2.75) is 31.5 Å². The maximum atomic E-state index is 8.54. The Balaban J connectivity index is 1.83. The van der Waals surface area contributed by atoms with E-state index in [1.165, 1.54) is 0 Å². The Morgan fingerprint density at radius 1 is 1.39 bits per heavy atom. The molecule has 0 aliphatic heterocycles. The fourth-order valence-corrected chi connectivity index (χ4v) is 2.08. The summed E-state index contributed by atoms with van der Waals surface area (Å²) in [5.74, 6) is 0.786. The van der Waals surface area contributed by atoms with Gasteiger partial charge in [-0.2, -0.15) is 5.26 Å². The lowest BCUT2D eigenvalue weighted by atomic mass is 9.89. The zero-order chi connectivity index (χ0) is 12.8. The Morgan fingerprint density at radius 3 is 2.89 bits per heavy atom. The molecule has 2 rings (SSSR count). The Bertz CT molecular complexity index is 422. The van der Waals surface area contributed by atoms with Crippen molar-refractivity contribution in [3.63, 3.8) is 0 Å². The average Bonchev–Trinajstić information content (AvgIpc) is 2.36. The first-order valence-corrected chi connectivity index (χ1v) is 6.17. The summed E-state index contributed by atoms with van der Waals surface area (Å²) in [5, 5.41) is 12.0. The third-order valence-corrected chi connectivity index (χ3v) is 3.27. The van der Waals surface area contributed by atoms with Crippen LogP contribution in [0.4, 0.5) is 0 Å². The number of methoxy groups -OCH3 is 1. The first kappa shape index (κ1) is 12.9. The van der Waals surface area contributed by atoms with Gasteiger partial charge in [0.15, 0.2) is 6.61 Å². The smallest absolute Gasteiger partial charge is 0.174 e. The number of nitrogens with one attached hydrogen (secondary N) is 1. The third kappa shape index (κ3) is 3.22. The minimum Gasteiger partial charge on any atom is -0.478 e. The Labute approximate surface area is 108 Å². The van der Waals surface area contributed by atoms with E-state index in [-0.39, 0.29) is 6.61 Å². The summed E-state index contributed by atoms with van der Waals surface area (Å²) >= 11 is 0. The maximum Gasteiger partial charge on any atom is 0.174 e. The number of rotatable bonds is 6. The van der Waals surface area contributed by atoms with Gasteiger partial charge in [-0.1, -0.05) is 18.2 Å². The molecule has 1 aliphatic rings. The molecule has 0 atom stereocenters. The summed E-state index contributed by atoms with van der Waals surface area (Å²) in [6.07, 6.45) is 2.54. The second kappa shape index (κ2) is 6.39. The highest BCUT2D eigenvalue weighted by atomic mass is 16.5. The Hall–Kier alpha value is -1.57. The molecule has 0 unspecified atom stereocenters. The van der Waals surface area contributed by atoms with Crippen LogP contribution in [0.5, 0.6) is 5.75 Å². The summed E-state index contributed by atoms with van der Waals surface area (Å²) in [5.41, 5.74) is 1.09. The average molecular weight is 246 g/mol. The topological polar surface area (TPSA) is 54.3 Å². The van der Waals surface area contributed by atoms with Gasteiger partial charge in [0, 0.05) is 25.3 Å². The Morgan fingerprint density at radius 2 is 2.17 bits per heavy atom. The molecule has 4 heteroatoms. The minimum atomic E-state index is 0.0895. The van der Waals surface area contributed by atoms with Crippen molar-refractivity contribution in [3.8, 4) is 11.8 Å². The molecule has 0 heterocycles. The molecule has 1 aromatic rings. The van der Waals surface area contributed by atoms with Crippen molar-refractivity contribution in [1.29, 1.82) is 5.26 Å². The first-order chi connectivity index (χ1) is 8.83. The van der Waals surface area contributed by atoms with Crippen molar-refractivity contribution in [2.24, 2.45) is 0 Å².